The molecule has 83 valence electrons. The second kappa shape index (κ2) is 4.56. The molecule has 0 aromatic heterocycles. The van der Waals surface area contributed by atoms with Crippen LogP contribution in [0, 0.1) is 0 Å². The second-order valence-electron chi connectivity index (χ2n) is 6.85. The SMILES string of the molecule is CC(C)(C)P(C(C)(C)C)C(C)(C)C.[B]. The fraction of sp³-hybridized carbons (Fsp3) is 1.00. The lowest BCUT2D eigenvalue weighted by molar-refractivity contribution is 0.644. The smallest absolute Gasteiger partial charge is 0 e. The Kier molecular flexibility index (Phi) is 5.51. The molecule has 0 rings (SSSR count). The van der Waals surface area contributed by atoms with Crippen molar-refractivity contribution in [3.05, 3.63) is 0 Å². The summed E-state index contributed by atoms with van der Waals surface area (Å²) >= 11 is 0. The molecule has 0 aliphatic rings. The van der Waals surface area contributed by atoms with Crippen LogP contribution in [-0.4, -0.2) is 23.9 Å². The number of hydrogen-bond donors (Lipinski definition) is 0. The van der Waals surface area contributed by atoms with E-state index in [1.807, 2.05) is 0 Å². The molecule has 0 saturated carbocycles. The van der Waals surface area contributed by atoms with Gasteiger partial charge in [-0.15, -0.1) is 0 Å². The summed E-state index contributed by atoms with van der Waals surface area (Å²) < 4.78 is 0. The molecule has 0 aromatic carbocycles. The fourth-order valence-electron chi connectivity index (χ4n) is 3.02. The minimum atomic E-state index is 0. The van der Waals surface area contributed by atoms with E-state index in [9.17, 15) is 0 Å². The van der Waals surface area contributed by atoms with Gasteiger partial charge in [-0.1, -0.05) is 70.2 Å². The van der Waals surface area contributed by atoms with Crippen LogP contribution >= 0.6 is 7.92 Å². The molecule has 0 heterocycles. The minimum absolute atomic E-state index is 0. The summed E-state index contributed by atoms with van der Waals surface area (Å²) in [7, 11) is 0.0162. The molecule has 3 radical (unpaired) electrons. The van der Waals surface area contributed by atoms with Gasteiger partial charge in [0.05, 0.1) is 0 Å². The van der Waals surface area contributed by atoms with Crippen LogP contribution in [0.4, 0.5) is 0 Å². The highest BCUT2D eigenvalue weighted by molar-refractivity contribution is 7.62. The van der Waals surface area contributed by atoms with E-state index in [1.54, 1.807) is 0 Å². The van der Waals surface area contributed by atoms with E-state index in [0.717, 1.165) is 0 Å². The van der Waals surface area contributed by atoms with Crippen LogP contribution in [0.15, 0.2) is 0 Å². The lowest BCUT2D eigenvalue weighted by Gasteiger charge is -2.49. The molecular weight excluding hydrogens is 186 g/mol. The van der Waals surface area contributed by atoms with Crippen molar-refractivity contribution in [3.8, 4) is 0 Å². The van der Waals surface area contributed by atoms with Crippen LogP contribution in [0.2, 0.25) is 0 Å². The standard InChI is InChI=1S/C12H27P.B/c1-10(2,3)13(11(4,5)6)12(7,8)9;/h1-9H3;. The maximum absolute atomic E-state index is 2.38. The van der Waals surface area contributed by atoms with Gasteiger partial charge in [-0.25, -0.2) is 0 Å². The first-order valence-corrected chi connectivity index (χ1v) is 6.51. The van der Waals surface area contributed by atoms with Crippen molar-refractivity contribution >= 4 is 16.3 Å². The van der Waals surface area contributed by atoms with Crippen molar-refractivity contribution in [1.82, 2.24) is 0 Å². The molecule has 0 aromatic rings. The molecule has 14 heavy (non-hydrogen) atoms. The van der Waals surface area contributed by atoms with E-state index in [-0.39, 0.29) is 16.3 Å². The summed E-state index contributed by atoms with van der Waals surface area (Å²) in [6.07, 6.45) is 0. The van der Waals surface area contributed by atoms with E-state index in [2.05, 4.69) is 62.3 Å². The monoisotopic (exact) mass is 213 g/mol. The molecule has 0 unspecified atom stereocenters. The molecule has 0 N–H and O–H groups in total. The van der Waals surface area contributed by atoms with Crippen LogP contribution < -0.4 is 0 Å². The Morgan fingerprint density at radius 3 is 0.643 bits per heavy atom. The normalized spacial score (nSPS) is 14.1. The van der Waals surface area contributed by atoms with Gasteiger partial charge in [0.25, 0.3) is 0 Å². The van der Waals surface area contributed by atoms with Crippen LogP contribution in [0.3, 0.4) is 0 Å². The molecular formula is C12H27BP. The van der Waals surface area contributed by atoms with Gasteiger partial charge in [0.2, 0.25) is 0 Å². The topological polar surface area (TPSA) is 0 Å². The Balaban J connectivity index is 0. The average Bonchev–Trinajstić information content (AvgIpc) is 1.44. The first-order valence-electron chi connectivity index (χ1n) is 5.17. The highest BCUT2D eigenvalue weighted by Crippen LogP contribution is 2.66. The molecule has 0 fully saturated rings. The third kappa shape index (κ3) is 4.83. The zero-order valence-electron chi connectivity index (χ0n) is 11.5. The van der Waals surface area contributed by atoms with Crippen LogP contribution in [0.25, 0.3) is 0 Å². The zero-order valence-corrected chi connectivity index (χ0v) is 12.4. The second-order valence-corrected chi connectivity index (χ2v) is 11.5. The Morgan fingerprint density at radius 2 is 0.643 bits per heavy atom. The lowest BCUT2D eigenvalue weighted by Crippen LogP contribution is -2.34. The van der Waals surface area contributed by atoms with Crippen LogP contribution in [-0.2, 0) is 0 Å². The largest absolute Gasteiger partial charge is 0.0901 e. The van der Waals surface area contributed by atoms with E-state index in [0.29, 0.717) is 15.5 Å². The molecule has 0 atom stereocenters. The first kappa shape index (κ1) is 16.9. The Labute approximate surface area is 94.6 Å². The van der Waals surface area contributed by atoms with E-state index < -0.39 is 0 Å². The third-order valence-corrected chi connectivity index (χ3v) is 6.04. The van der Waals surface area contributed by atoms with E-state index in [4.69, 9.17) is 0 Å². The molecule has 0 aliphatic heterocycles. The zero-order chi connectivity index (χ0) is 11.1. The van der Waals surface area contributed by atoms with Gasteiger partial charge in [-0.3, -0.25) is 0 Å². The van der Waals surface area contributed by atoms with Gasteiger partial charge in [-0.2, -0.15) is 0 Å². The van der Waals surface area contributed by atoms with Gasteiger partial charge in [0, 0.05) is 8.41 Å². The first-order chi connectivity index (χ1) is 5.37. The minimum Gasteiger partial charge on any atom is -0.0901 e. The third-order valence-electron chi connectivity index (χ3n) is 2.01. The summed E-state index contributed by atoms with van der Waals surface area (Å²) in [5.74, 6) is 0. The molecule has 0 nitrogen and oxygen atoms in total. The fourth-order valence-corrected chi connectivity index (χ4v) is 9.06. The predicted octanol–water partition coefficient (Wildman–Crippen LogP) is 4.48. The predicted molar refractivity (Wildman–Crippen MR) is 71.9 cm³/mol. The van der Waals surface area contributed by atoms with Gasteiger partial charge in [-0.05, 0) is 15.5 Å². The Hall–Kier alpha value is 0.495. The molecule has 0 spiro atoms. The van der Waals surface area contributed by atoms with Gasteiger partial charge < -0.3 is 0 Å². The average molecular weight is 213 g/mol. The molecule has 0 saturated heterocycles. The highest BCUT2D eigenvalue weighted by Gasteiger charge is 2.41. The Bertz CT molecular complexity index is 133. The van der Waals surface area contributed by atoms with Crippen molar-refractivity contribution < 1.29 is 0 Å². The van der Waals surface area contributed by atoms with Crippen molar-refractivity contribution in [2.45, 2.75) is 77.8 Å². The number of hydrogen-bond acceptors (Lipinski definition) is 0. The maximum Gasteiger partial charge on any atom is 0 e. The molecule has 2 heteroatoms. The van der Waals surface area contributed by atoms with Crippen LogP contribution in [0.1, 0.15) is 62.3 Å². The highest BCUT2D eigenvalue weighted by atomic mass is 31.1. The van der Waals surface area contributed by atoms with Crippen molar-refractivity contribution in [1.29, 1.82) is 0 Å². The summed E-state index contributed by atoms with van der Waals surface area (Å²) in [5.41, 5.74) is 0. The quantitative estimate of drug-likeness (QED) is 0.411. The lowest BCUT2D eigenvalue weighted by atomic mass is 10.2. The Morgan fingerprint density at radius 1 is 0.500 bits per heavy atom. The van der Waals surface area contributed by atoms with E-state index >= 15 is 0 Å². The molecule has 0 bridgehead atoms. The summed E-state index contributed by atoms with van der Waals surface area (Å²) in [6.45, 7) is 21.5. The van der Waals surface area contributed by atoms with Crippen molar-refractivity contribution in [2.24, 2.45) is 0 Å². The van der Waals surface area contributed by atoms with E-state index in [1.165, 1.54) is 0 Å². The van der Waals surface area contributed by atoms with Crippen molar-refractivity contribution in [3.63, 3.8) is 0 Å². The van der Waals surface area contributed by atoms with Gasteiger partial charge >= 0.3 is 0 Å². The number of rotatable bonds is 0. The van der Waals surface area contributed by atoms with Crippen molar-refractivity contribution in [2.75, 3.05) is 0 Å². The van der Waals surface area contributed by atoms with Gasteiger partial charge in [0.15, 0.2) is 0 Å². The maximum atomic E-state index is 2.38. The van der Waals surface area contributed by atoms with Crippen LogP contribution in [0.5, 0.6) is 0 Å². The molecule has 0 aliphatic carbocycles. The summed E-state index contributed by atoms with van der Waals surface area (Å²) in [4.78, 5) is 0. The van der Waals surface area contributed by atoms with Gasteiger partial charge in [0.1, 0.15) is 0 Å². The summed E-state index contributed by atoms with van der Waals surface area (Å²) in [5, 5.41) is 1.35. The summed E-state index contributed by atoms with van der Waals surface area (Å²) in [6, 6.07) is 0. The molecule has 0 amide bonds.